The summed E-state index contributed by atoms with van der Waals surface area (Å²) < 4.78 is 41.1. The summed E-state index contributed by atoms with van der Waals surface area (Å²) in [7, 11) is 0. The summed E-state index contributed by atoms with van der Waals surface area (Å²) >= 11 is 12.2. The quantitative estimate of drug-likeness (QED) is 0.589. The van der Waals surface area contributed by atoms with Gasteiger partial charge in [0.1, 0.15) is 6.04 Å². The topological polar surface area (TPSA) is 15.3 Å². The van der Waals surface area contributed by atoms with Crippen LogP contribution in [0.15, 0.2) is 36.4 Å². The Morgan fingerprint density at radius 1 is 1.04 bits per heavy atom. The van der Waals surface area contributed by atoms with Gasteiger partial charge in [-0.15, -0.1) is 0 Å². The van der Waals surface area contributed by atoms with Crippen LogP contribution in [0.4, 0.5) is 18.9 Å². The lowest BCUT2D eigenvalue weighted by Gasteiger charge is -2.24. The molecule has 0 spiro atoms. The molecule has 1 heterocycles. The first kappa shape index (κ1) is 20.3. The van der Waals surface area contributed by atoms with Crippen molar-refractivity contribution in [3.63, 3.8) is 0 Å². The Kier molecular flexibility index (Phi) is 6.24. The van der Waals surface area contributed by atoms with E-state index < -0.39 is 12.2 Å². The molecule has 0 aromatic heterocycles. The number of halogens is 5. The molecule has 2 aromatic rings. The summed E-state index contributed by atoms with van der Waals surface area (Å²) in [4.78, 5) is 2.26. The van der Waals surface area contributed by atoms with Gasteiger partial charge in [-0.1, -0.05) is 35.3 Å². The van der Waals surface area contributed by atoms with Crippen molar-refractivity contribution < 1.29 is 13.2 Å². The Morgan fingerprint density at radius 3 is 2.33 bits per heavy atom. The highest BCUT2D eigenvalue weighted by Crippen LogP contribution is 2.37. The third kappa shape index (κ3) is 5.09. The van der Waals surface area contributed by atoms with Crippen molar-refractivity contribution in [1.29, 1.82) is 0 Å². The normalized spacial score (nSPS) is 16.5. The van der Waals surface area contributed by atoms with Crippen LogP contribution in [0.1, 0.15) is 35.6 Å². The predicted molar refractivity (Wildman–Crippen MR) is 105 cm³/mol. The molecule has 7 heteroatoms. The van der Waals surface area contributed by atoms with E-state index in [1.54, 1.807) is 25.1 Å². The molecule has 1 aliphatic rings. The van der Waals surface area contributed by atoms with E-state index in [1.165, 1.54) is 18.2 Å². The van der Waals surface area contributed by atoms with Crippen molar-refractivity contribution in [3.05, 3.63) is 63.1 Å². The van der Waals surface area contributed by atoms with Crippen LogP contribution in [0.5, 0.6) is 0 Å². The van der Waals surface area contributed by atoms with Crippen LogP contribution in [0, 0.1) is 6.92 Å². The van der Waals surface area contributed by atoms with Crippen molar-refractivity contribution in [3.8, 4) is 0 Å². The van der Waals surface area contributed by atoms with E-state index in [9.17, 15) is 13.2 Å². The van der Waals surface area contributed by atoms with Crippen LogP contribution in [0.25, 0.3) is 0 Å². The van der Waals surface area contributed by atoms with Crippen LogP contribution in [-0.4, -0.2) is 24.2 Å². The lowest BCUT2D eigenvalue weighted by molar-refractivity contribution is -0.144. The first-order valence-electron chi connectivity index (χ1n) is 8.84. The number of likely N-dealkylation sites (tertiary alicyclic amines) is 1. The molecule has 0 amide bonds. The number of nitrogens with zero attached hydrogens (tertiary/aromatic N) is 1. The van der Waals surface area contributed by atoms with Crippen molar-refractivity contribution in [2.75, 3.05) is 18.4 Å². The standard InChI is InChI=1S/C20H21Cl2F3N2/c1-13-10-14(4-6-17(13)21)19(20(23,24)25)26-16-5-7-18(22)15(11-16)12-27-8-2-3-9-27/h4-7,10-11,19,26H,2-3,8-9,12H2,1H3/t19-/m0/s1. The Hall–Kier alpha value is -1.43. The number of hydrogen-bond donors (Lipinski definition) is 1. The van der Waals surface area contributed by atoms with E-state index in [2.05, 4.69) is 10.2 Å². The summed E-state index contributed by atoms with van der Waals surface area (Å²) in [5.74, 6) is 0. The van der Waals surface area contributed by atoms with Gasteiger partial charge in [0.05, 0.1) is 0 Å². The molecule has 1 aliphatic heterocycles. The number of benzene rings is 2. The van der Waals surface area contributed by atoms with Gasteiger partial charge in [-0.05, 0) is 73.8 Å². The monoisotopic (exact) mass is 416 g/mol. The fourth-order valence-electron chi connectivity index (χ4n) is 3.34. The van der Waals surface area contributed by atoms with Gasteiger partial charge in [-0.25, -0.2) is 0 Å². The van der Waals surface area contributed by atoms with E-state index in [0.717, 1.165) is 31.5 Å². The average Bonchev–Trinajstić information content (AvgIpc) is 3.10. The molecular formula is C20H21Cl2F3N2. The van der Waals surface area contributed by atoms with Crippen LogP contribution in [0.2, 0.25) is 10.0 Å². The molecule has 2 aromatic carbocycles. The summed E-state index contributed by atoms with van der Waals surface area (Å²) in [6, 6.07) is 7.48. The molecular weight excluding hydrogens is 396 g/mol. The van der Waals surface area contributed by atoms with Crippen molar-refractivity contribution in [1.82, 2.24) is 4.90 Å². The molecule has 2 nitrogen and oxygen atoms in total. The van der Waals surface area contributed by atoms with Gasteiger partial charge in [-0.3, -0.25) is 4.90 Å². The molecule has 27 heavy (non-hydrogen) atoms. The molecule has 0 bridgehead atoms. The smallest absolute Gasteiger partial charge is 0.370 e. The number of nitrogens with one attached hydrogen (secondary N) is 1. The Bertz CT molecular complexity index is 802. The third-order valence-corrected chi connectivity index (χ3v) is 5.58. The lowest BCUT2D eigenvalue weighted by atomic mass is 10.0. The number of alkyl halides is 3. The van der Waals surface area contributed by atoms with Gasteiger partial charge in [-0.2, -0.15) is 13.2 Å². The number of anilines is 1. The highest BCUT2D eigenvalue weighted by Gasteiger charge is 2.41. The SMILES string of the molecule is Cc1cc([C@H](Nc2ccc(Cl)c(CN3CCCC3)c2)C(F)(F)F)ccc1Cl. The molecule has 0 unspecified atom stereocenters. The second kappa shape index (κ2) is 8.29. The largest absolute Gasteiger partial charge is 0.412 e. The highest BCUT2D eigenvalue weighted by atomic mass is 35.5. The van der Waals surface area contributed by atoms with Gasteiger partial charge in [0, 0.05) is 22.3 Å². The summed E-state index contributed by atoms with van der Waals surface area (Å²) in [5.41, 5.74) is 1.96. The van der Waals surface area contributed by atoms with Crippen LogP contribution < -0.4 is 5.32 Å². The molecule has 1 fully saturated rings. The van der Waals surface area contributed by atoms with Crippen LogP contribution >= 0.6 is 23.2 Å². The Balaban J connectivity index is 1.86. The van der Waals surface area contributed by atoms with Crippen LogP contribution in [-0.2, 0) is 6.54 Å². The molecule has 1 atom stereocenters. The second-order valence-corrected chi connectivity index (χ2v) is 7.73. The van der Waals surface area contributed by atoms with E-state index in [1.807, 2.05) is 0 Å². The highest BCUT2D eigenvalue weighted by molar-refractivity contribution is 6.31. The second-order valence-electron chi connectivity index (χ2n) is 6.92. The minimum atomic E-state index is -4.45. The lowest BCUT2D eigenvalue weighted by Crippen LogP contribution is -2.28. The predicted octanol–water partition coefficient (Wildman–Crippen LogP) is 6.61. The van der Waals surface area contributed by atoms with Crippen molar-refractivity contribution >= 4 is 28.9 Å². The Morgan fingerprint density at radius 2 is 1.70 bits per heavy atom. The minimum Gasteiger partial charge on any atom is -0.370 e. The molecule has 0 saturated carbocycles. The van der Waals surface area contributed by atoms with Gasteiger partial charge < -0.3 is 5.32 Å². The fourth-order valence-corrected chi connectivity index (χ4v) is 3.63. The molecule has 1 saturated heterocycles. The number of aryl methyl sites for hydroxylation is 1. The van der Waals surface area contributed by atoms with Crippen molar-refractivity contribution in [2.45, 2.75) is 38.5 Å². The maximum atomic E-state index is 13.7. The maximum Gasteiger partial charge on any atom is 0.412 e. The van der Waals surface area contributed by atoms with Crippen molar-refractivity contribution in [2.24, 2.45) is 0 Å². The number of hydrogen-bond acceptors (Lipinski definition) is 2. The zero-order valence-corrected chi connectivity index (χ0v) is 16.4. The van der Waals surface area contributed by atoms with Gasteiger partial charge >= 0.3 is 6.18 Å². The third-order valence-electron chi connectivity index (χ3n) is 4.79. The summed E-state index contributed by atoms with van der Waals surface area (Å²) in [6.07, 6.45) is -2.17. The molecule has 3 rings (SSSR count). The molecule has 0 aliphatic carbocycles. The van der Waals surface area contributed by atoms with E-state index in [4.69, 9.17) is 23.2 Å². The van der Waals surface area contributed by atoms with Crippen LogP contribution in [0.3, 0.4) is 0 Å². The maximum absolute atomic E-state index is 13.7. The first-order chi connectivity index (χ1) is 12.7. The molecule has 146 valence electrons. The van der Waals surface area contributed by atoms with Gasteiger partial charge in [0.2, 0.25) is 0 Å². The van der Waals surface area contributed by atoms with E-state index in [-0.39, 0.29) is 5.56 Å². The fraction of sp³-hybridized carbons (Fsp3) is 0.400. The van der Waals surface area contributed by atoms with E-state index in [0.29, 0.717) is 27.8 Å². The Labute approximate surface area is 167 Å². The number of rotatable bonds is 5. The van der Waals surface area contributed by atoms with Gasteiger partial charge in [0.15, 0.2) is 0 Å². The zero-order valence-electron chi connectivity index (χ0n) is 14.9. The van der Waals surface area contributed by atoms with Gasteiger partial charge in [0.25, 0.3) is 0 Å². The summed E-state index contributed by atoms with van der Waals surface area (Å²) in [6.45, 7) is 4.31. The summed E-state index contributed by atoms with van der Waals surface area (Å²) in [5, 5.41) is 3.64. The molecule has 1 N–H and O–H groups in total. The molecule has 0 radical (unpaired) electrons. The minimum absolute atomic E-state index is 0.125. The van der Waals surface area contributed by atoms with E-state index >= 15 is 0 Å². The first-order valence-corrected chi connectivity index (χ1v) is 9.60. The zero-order chi connectivity index (χ0) is 19.6. The average molecular weight is 417 g/mol.